The zero-order valence-corrected chi connectivity index (χ0v) is 7.85. The summed E-state index contributed by atoms with van der Waals surface area (Å²) in [6.07, 6.45) is 3.23. The summed E-state index contributed by atoms with van der Waals surface area (Å²) in [4.78, 5) is 0. The van der Waals surface area contributed by atoms with Gasteiger partial charge in [-0.1, -0.05) is 13.3 Å². The molecule has 0 N–H and O–H groups in total. The van der Waals surface area contributed by atoms with Crippen molar-refractivity contribution in [1.82, 2.24) is 0 Å². The van der Waals surface area contributed by atoms with Gasteiger partial charge in [0, 0.05) is 13.2 Å². The lowest BCUT2D eigenvalue weighted by Gasteiger charge is -2.13. The molecular weight excluding hydrogens is 140 g/mol. The van der Waals surface area contributed by atoms with Crippen LogP contribution in [0.25, 0.3) is 0 Å². The highest BCUT2D eigenvalue weighted by molar-refractivity contribution is 4.76. The van der Waals surface area contributed by atoms with E-state index < -0.39 is 0 Å². The summed E-state index contributed by atoms with van der Waals surface area (Å²) in [5, 5.41) is 0. The molecule has 0 saturated heterocycles. The summed E-state index contributed by atoms with van der Waals surface area (Å²) in [5.74, 6) is 0. The van der Waals surface area contributed by atoms with Crippen LogP contribution in [0.5, 0.6) is 0 Å². The van der Waals surface area contributed by atoms with E-state index in [1.165, 1.54) is 0 Å². The summed E-state index contributed by atoms with van der Waals surface area (Å²) >= 11 is 0. The maximum Gasteiger partial charge on any atom is 0.122 e. The van der Waals surface area contributed by atoms with Crippen LogP contribution < -0.4 is 0 Å². The fourth-order valence-electron chi connectivity index (χ4n) is 0.885. The molecule has 2 nitrogen and oxygen atoms in total. The lowest BCUT2D eigenvalue weighted by atomic mass is 10.2. The largest absolute Gasteiger partial charge is 0.379 e. The SMILES string of the molecule is CCC[C](COCC)OCC. The highest BCUT2D eigenvalue weighted by Crippen LogP contribution is 2.10. The Hall–Kier alpha value is -0.0800. The van der Waals surface area contributed by atoms with Gasteiger partial charge in [0.2, 0.25) is 0 Å². The molecule has 0 aliphatic rings. The first-order valence-corrected chi connectivity index (χ1v) is 4.40. The molecule has 0 unspecified atom stereocenters. The monoisotopic (exact) mass is 159 g/mol. The molecule has 0 heterocycles. The van der Waals surface area contributed by atoms with Crippen LogP contribution in [-0.2, 0) is 9.47 Å². The summed E-state index contributed by atoms with van der Waals surface area (Å²) < 4.78 is 10.6. The molecule has 0 amide bonds. The van der Waals surface area contributed by atoms with E-state index in [1.807, 2.05) is 13.8 Å². The minimum atomic E-state index is 0.665. The summed E-state index contributed by atoms with van der Waals surface area (Å²) in [5.41, 5.74) is 0. The van der Waals surface area contributed by atoms with Crippen LogP contribution in [0.1, 0.15) is 33.6 Å². The van der Waals surface area contributed by atoms with Gasteiger partial charge in [0.15, 0.2) is 0 Å². The third-order valence-electron chi connectivity index (χ3n) is 1.34. The van der Waals surface area contributed by atoms with Crippen molar-refractivity contribution in [2.45, 2.75) is 33.6 Å². The molecule has 0 aromatic rings. The van der Waals surface area contributed by atoms with E-state index in [1.54, 1.807) is 0 Å². The first kappa shape index (κ1) is 10.9. The predicted octanol–water partition coefficient (Wildman–Crippen LogP) is 2.39. The number of hydrogen-bond acceptors (Lipinski definition) is 2. The van der Waals surface area contributed by atoms with E-state index in [-0.39, 0.29) is 0 Å². The Morgan fingerprint density at radius 3 is 2.27 bits per heavy atom. The average molecular weight is 159 g/mol. The van der Waals surface area contributed by atoms with Gasteiger partial charge >= 0.3 is 0 Å². The van der Waals surface area contributed by atoms with Crippen molar-refractivity contribution >= 4 is 0 Å². The average Bonchev–Trinajstić information content (AvgIpc) is 2.01. The third-order valence-corrected chi connectivity index (χ3v) is 1.34. The van der Waals surface area contributed by atoms with Gasteiger partial charge in [-0.15, -0.1) is 0 Å². The topological polar surface area (TPSA) is 18.5 Å². The maximum absolute atomic E-state index is 5.38. The fourth-order valence-corrected chi connectivity index (χ4v) is 0.885. The van der Waals surface area contributed by atoms with Crippen LogP contribution in [-0.4, -0.2) is 19.8 Å². The van der Waals surface area contributed by atoms with Crippen LogP contribution in [0, 0.1) is 6.10 Å². The van der Waals surface area contributed by atoms with Crippen LogP contribution in [0.15, 0.2) is 0 Å². The van der Waals surface area contributed by atoms with E-state index >= 15 is 0 Å². The third kappa shape index (κ3) is 6.32. The van der Waals surface area contributed by atoms with Gasteiger partial charge in [0.05, 0.1) is 6.61 Å². The summed E-state index contributed by atoms with van der Waals surface area (Å²) in [6.45, 7) is 8.32. The predicted molar refractivity (Wildman–Crippen MR) is 46.3 cm³/mol. The minimum Gasteiger partial charge on any atom is -0.379 e. The van der Waals surface area contributed by atoms with Crippen molar-refractivity contribution in [3.8, 4) is 0 Å². The van der Waals surface area contributed by atoms with Crippen molar-refractivity contribution in [2.75, 3.05) is 19.8 Å². The van der Waals surface area contributed by atoms with Gasteiger partial charge in [-0.2, -0.15) is 0 Å². The lowest BCUT2D eigenvalue weighted by molar-refractivity contribution is 0.0561. The highest BCUT2D eigenvalue weighted by Gasteiger charge is 2.07. The Labute approximate surface area is 69.9 Å². The quantitative estimate of drug-likeness (QED) is 0.568. The Morgan fingerprint density at radius 2 is 1.82 bits per heavy atom. The second kappa shape index (κ2) is 8.02. The minimum absolute atomic E-state index is 0.665. The smallest absolute Gasteiger partial charge is 0.122 e. The molecule has 0 aliphatic heterocycles. The van der Waals surface area contributed by atoms with Crippen LogP contribution in [0.4, 0.5) is 0 Å². The lowest BCUT2D eigenvalue weighted by Crippen LogP contribution is -2.11. The standard InChI is InChI=1S/C9H19O2/c1-4-7-9(11-6-3)8-10-5-2/h4-8H2,1-3H3. The Balaban J connectivity index is 3.34. The van der Waals surface area contributed by atoms with Crippen molar-refractivity contribution in [2.24, 2.45) is 0 Å². The van der Waals surface area contributed by atoms with Crippen LogP contribution in [0.2, 0.25) is 0 Å². The molecule has 0 bridgehead atoms. The molecule has 2 heteroatoms. The number of ether oxygens (including phenoxy) is 2. The molecule has 0 rings (SSSR count). The zero-order chi connectivity index (χ0) is 8.53. The molecule has 0 spiro atoms. The second-order valence-electron chi connectivity index (χ2n) is 2.36. The van der Waals surface area contributed by atoms with Gasteiger partial charge in [0.1, 0.15) is 6.10 Å². The number of hydrogen-bond donors (Lipinski definition) is 0. The molecule has 0 saturated carbocycles. The molecule has 1 radical (unpaired) electrons. The molecule has 0 aromatic heterocycles. The molecule has 11 heavy (non-hydrogen) atoms. The Bertz CT molecular complexity index is 68.0. The second-order valence-corrected chi connectivity index (χ2v) is 2.36. The summed E-state index contributed by atoms with van der Waals surface area (Å²) in [7, 11) is 0. The van der Waals surface area contributed by atoms with Crippen molar-refractivity contribution in [3.05, 3.63) is 6.10 Å². The van der Waals surface area contributed by atoms with E-state index in [9.17, 15) is 0 Å². The highest BCUT2D eigenvalue weighted by atomic mass is 16.5. The van der Waals surface area contributed by atoms with Crippen molar-refractivity contribution in [1.29, 1.82) is 0 Å². The molecule has 0 atom stereocenters. The van der Waals surface area contributed by atoms with Gasteiger partial charge < -0.3 is 9.47 Å². The van der Waals surface area contributed by atoms with E-state index in [4.69, 9.17) is 9.47 Å². The van der Waals surface area contributed by atoms with E-state index in [0.29, 0.717) is 6.61 Å². The van der Waals surface area contributed by atoms with Gasteiger partial charge in [-0.05, 0) is 20.3 Å². The van der Waals surface area contributed by atoms with Gasteiger partial charge in [-0.3, -0.25) is 0 Å². The summed E-state index contributed by atoms with van der Waals surface area (Å²) in [6, 6.07) is 0. The van der Waals surface area contributed by atoms with Crippen LogP contribution in [0.3, 0.4) is 0 Å². The van der Waals surface area contributed by atoms with Gasteiger partial charge in [-0.25, -0.2) is 0 Å². The molecule has 0 aliphatic carbocycles. The normalized spacial score (nSPS) is 10.9. The molecule has 67 valence electrons. The van der Waals surface area contributed by atoms with Crippen molar-refractivity contribution < 1.29 is 9.47 Å². The fraction of sp³-hybridized carbons (Fsp3) is 0.889. The molecule has 0 aromatic carbocycles. The van der Waals surface area contributed by atoms with E-state index in [2.05, 4.69) is 6.92 Å². The maximum atomic E-state index is 5.38. The molecule has 0 fully saturated rings. The van der Waals surface area contributed by atoms with Crippen molar-refractivity contribution in [3.63, 3.8) is 0 Å². The first-order valence-electron chi connectivity index (χ1n) is 4.40. The molecular formula is C9H19O2. The van der Waals surface area contributed by atoms with Crippen LogP contribution >= 0.6 is 0 Å². The number of rotatable bonds is 7. The van der Waals surface area contributed by atoms with E-state index in [0.717, 1.165) is 32.2 Å². The van der Waals surface area contributed by atoms with Gasteiger partial charge in [0.25, 0.3) is 0 Å². The Kier molecular flexibility index (Phi) is 7.96. The first-order chi connectivity index (χ1) is 5.35. The Morgan fingerprint density at radius 1 is 1.09 bits per heavy atom. The zero-order valence-electron chi connectivity index (χ0n) is 7.85.